The van der Waals surface area contributed by atoms with Gasteiger partial charge in [-0.05, 0) is 18.8 Å². The number of aromatic nitrogens is 1. The van der Waals surface area contributed by atoms with Crippen molar-refractivity contribution in [3.8, 4) is 0 Å². The number of piperazine rings is 1. The van der Waals surface area contributed by atoms with E-state index < -0.39 is 5.97 Å². The Morgan fingerprint density at radius 1 is 1.39 bits per heavy atom. The molecule has 98 valence electrons. The van der Waals surface area contributed by atoms with Gasteiger partial charge in [-0.1, -0.05) is 0 Å². The van der Waals surface area contributed by atoms with Crippen molar-refractivity contribution in [3.05, 3.63) is 12.0 Å². The Balaban J connectivity index is 1.55. The van der Waals surface area contributed by atoms with E-state index in [0.29, 0.717) is 6.01 Å². The summed E-state index contributed by atoms with van der Waals surface area (Å²) in [4.78, 5) is 19.2. The average molecular weight is 251 g/mol. The van der Waals surface area contributed by atoms with Gasteiger partial charge in [-0.3, -0.25) is 4.90 Å². The molecule has 0 spiro atoms. The summed E-state index contributed by atoms with van der Waals surface area (Å²) in [6, 6.07) is 0.429. The number of nitrogens with zero attached hydrogens (tertiary/aromatic N) is 3. The zero-order valence-corrected chi connectivity index (χ0v) is 10.2. The molecule has 1 aliphatic carbocycles. The van der Waals surface area contributed by atoms with Crippen LogP contribution < -0.4 is 4.90 Å². The lowest BCUT2D eigenvalue weighted by Crippen LogP contribution is -2.47. The molecule has 2 heterocycles. The Morgan fingerprint density at radius 2 is 2.11 bits per heavy atom. The lowest BCUT2D eigenvalue weighted by molar-refractivity contribution is 0.0690. The number of oxazole rings is 1. The predicted octanol–water partition coefficient (Wildman–Crippen LogP) is 0.905. The van der Waals surface area contributed by atoms with E-state index >= 15 is 0 Å². The number of hydrogen-bond acceptors (Lipinski definition) is 5. The SMILES string of the molecule is O=C(O)c1coc(N2CCN(CC3CC3)CC2)n1. The zero-order chi connectivity index (χ0) is 12.5. The Morgan fingerprint density at radius 3 is 2.67 bits per heavy atom. The molecule has 0 unspecified atom stereocenters. The molecular formula is C12H17N3O3. The highest BCUT2D eigenvalue weighted by atomic mass is 16.4. The van der Waals surface area contributed by atoms with Crippen molar-refractivity contribution < 1.29 is 14.3 Å². The third-order valence-electron chi connectivity index (χ3n) is 3.57. The Hall–Kier alpha value is -1.56. The van der Waals surface area contributed by atoms with Crippen LogP contribution in [-0.2, 0) is 0 Å². The molecular weight excluding hydrogens is 234 g/mol. The second-order valence-electron chi connectivity index (χ2n) is 5.05. The molecule has 18 heavy (non-hydrogen) atoms. The van der Waals surface area contributed by atoms with E-state index in [1.54, 1.807) is 0 Å². The molecule has 6 heteroatoms. The minimum absolute atomic E-state index is 0.0228. The van der Waals surface area contributed by atoms with Gasteiger partial charge in [-0.25, -0.2) is 4.79 Å². The number of carboxylic acids is 1. The largest absolute Gasteiger partial charge is 0.476 e. The number of carboxylic acid groups (broad SMARTS) is 1. The van der Waals surface area contributed by atoms with Crippen molar-refractivity contribution in [2.24, 2.45) is 5.92 Å². The van der Waals surface area contributed by atoms with Gasteiger partial charge >= 0.3 is 5.97 Å². The molecule has 0 aromatic carbocycles. The van der Waals surface area contributed by atoms with E-state index in [1.165, 1.54) is 25.6 Å². The minimum Gasteiger partial charge on any atom is -0.476 e. The third kappa shape index (κ3) is 2.48. The number of aromatic carboxylic acids is 1. The minimum atomic E-state index is -1.04. The van der Waals surface area contributed by atoms with Crippen LogP contribution in [0.1, 0.15) is 23.3 Å². The van der Waals surface area contributed by atoms with Crippen molar-refractivity contribution in [3.63, 3.8) is 0 Å². The first-order valence-corrected chi connectivity index (χ1v) is 6.38. The molecule has 3 rings (SSSR count). The van der Waals surface area contributed by atoms with E-state index in [-0.39, 0.29) is 5.69 Å². The third-order valence-corrected chi connectivity index (χ3v) is 3.57. The highest BCUT2D eigenvalue weighted by Crippen LogP contribution is 2.30. The van der Waals surface area contributed by atoms with Crippen molar-refractivity contribution in [2.45, 2.75) is 12.8 Å². The lowest BCUT2D eigenvalue weighted by atomic mass is 10.3. The molecule has 6 nitrogen and oxygen atoms in total. The summed E-state index contributed by atoms with van der Waals surface area (Å²) >= 11 is 0. The molecule has 2 fully saturated rings. The molecule has 0 radical (unpaired) electrons. The average Bonchev–Trinajstić information content (AvgIpc) is 3.04. The van der Waals surface area contributed by atoms with E-state index in [2.05, 4.69) is 9.88 Å². The van der Waals surface area contributed by atoms with Crippen molar-refractivity contribution in [2.75, 3.05) is 37.6 Å². The number of rotatable bonds is 4. The maximum Gasteiger partial charge on any atom is 0.357 e. The van der Waals surface area contributed by atoms with Crippen LogP contribution >= 0.6 is 0 Å². The molecule has 1 aliphatic heterocycles. The zero-order valence-electron chi connectivity index (χ0n) is 10.2. The fraction of sp³-hybridized carbons (Fsp3) is 0.667. The maximum absolute atomic E-state index is 10.7. The van der Waals surface area contributed by atoms with Crippen LogP contribution in [0, 0.1) is 5.92 Å². The van der Waals surface area contributed by atoms with Crippen molar-refractivity contribution >= 4 is 12.0 Å². The van der Waals surface area contributed by atoms with Crippen LogP contribution in [0.15, 0.2) is 10.7 Å². The molecule has 0 amide bonds. The smallest absolute Gasteiger partial charge is 0.357 e. The molecule has 0 atom stereocenters. The monoisotopic (exact) mass is 251 g/mol. The normalized spacial score (nSPS) is 21.2. The van der Waals surface area contributed by atoms with Gasteiger partial charge in [0.05, 0.1) is 0 Å². The van der Waals surface area contributed by atoms with Gasteiger partial charge in [0, 0.05) is 32.7 Å². The van der Waals surface area contributed by atoms with E-state index in [9.17, 15) is 4.79 Å². The molecule has 1 aromatic heterocycles. The molecule has 2 aliphatic rings. The van der Waals surface area contributed by atoms with Gasteiger partial charge in [0.2, 0.25) is 0 Å². The summed E-state index contributed by atoms with van der Waals surface area (Å²) in [5.41, 5.74) is -0.0228. The molecule has 0 bridgehead atoms. The van der Waals surface area contributed by atoms with E-state index in [1.807, 2.05) is 4.90 Å². The molecule has 1 aromatic rings. The van der Waals surface area contributed by atoms with E-state index in [4.69, 9.17) is 9.52 Å². The summed E-state index contributed by atoms with van der Waals surface area (Å²) in [6.45, 7) is 4.92. The summed E-state index contributed by atoms with van der Waals surface area (Å²) in [6.07, 6.45) is 3.96. The maximum atomic E-state index is 10.7. The fourth-order valence-corrected chi connectivity index (χ4v) is 2.30. The fourth-order valence-electron chi connectivity index (χ4n) is 2.30. The number of carbonyl (C=O) groups is 1. The highest BCUT2D eigenvalue weighted by Gasteiger charge is 2.27. The second-order valence-corrected chi connectivity index (χ2v) is 5.05. The summed E-state index contributed by atoms with van der Waals surface area (Å²) in [5.74, 6) is -0.130. The van der Waals surface area contributed by atoms with Crippen LogP contribution in [-0.4, -0.2) is 53.7 Å². The Kier molecular flexibility index (Phi) is 2.95. The molecule has 1 saturated carbocycles. The topological polar surface area (TPSA) is 69.8 Å². The lowest BCUT2D eigenvalue weighted by Gasteiger charge is -2.33. The summed E-state index contributed by atoms with van der Waals surface area (Å²) in [7, 11) is 0. The van der Waals surface area contributed by atoms with Gasteiger partial charge in [0.25, 0.3) is 6.01 Å². The summed E-state index contributed by atoms with van der Waals surface area (Å²) < 4.78 is 5.21. The second kappa shape index (κ2) is 4.61. The van der Waals surface area contributed by atoms with Crippen LogP contribution in [0.2, 0.25) is 0 Å². The first-order chi connectivity index (χ1) is 8.72. The quantitative estimate of drug-likeness (QED) is 0.857. The van der Waals surface area contributed by atoms with Crippen LogP contribution in [0.4, 0.5) is 6.01 Å². The standard InChI is InChI=1S/C12H17N3O3/c16-11(17)10-8-18-12(13-10)15-5-3-14(4-6-15)7-9-1-2-9/h8-9H,1-7H2,(H,16,17). The van der Waals surface area contributed by atoms with Crippen molar-refractivity contribution in [1.29, 1.82) is 0 Å². The van der Waals surface area contributed by atoms with Crippen LogP contribution in [0.25, 0.3) is 0 Å². The molecule has 1 saturated heterocycles. The summed E-state index contributed by atoms with van der Waals surface area (Å²) in [5, 5.41) is 8.80. The Labute approximate surface area is 105 Å². The van der Waals surface area contributed by atoms with Gasteiger partial charge in [0.15, 0.2) is 5.69 Å². The van der Waals surface area contributed by atoms with Gasteiger partial charge < -0.3 is 14.4 Å². The first-order valence-electron chi connectivity index (χ1n) is 6.38. The Bertz CT molecular complexity index is 434. The van der Waals surface area contributed by atoms with Crippen molar-refractivity contribution in [1.82, 2.24) is 9.88 Å². The predicted molar refractivity (Wildman–Crippen MR) is 64.8 cm³/mol. The van der Waals surface area contributed by atoms with Gasteiger partial charge in [0.1, 0.15) is 6.26 Å². The van der Waals surface area contributed by atoms with Gasteiger partial charge in [-0.2, -0.15) is 4.98 Å². The van der Waals surface area contributed by atoms with Crippen LogP contribution in [0.3, 0.4) is 0 Å². The first kappa shape index (κ1) is 11.5. The molecule has 1 N–H and O–H groups in total. The number of anilines is 1. The number of hydrogen-bond donors (Lipinski definition) is 1. The van der Waals surface area contributed by atoms with Gasteiger partial charge in [-0.15, -0.1) is 0 Å². The van der Waals surface area contributed by atoms with Crippen LogP contribution in [0.5, 0.6) is 0 Å². The van der Waals surface area contributed by atoms with E-state index in [0.717, 1.165) is 32.1 Å². The highest BCUT2D eigenvalue weighted by molar-refractivity contribution is 5.85.